The Morgan fingerprint density at radius 3 is 2.43 bits per heavy atom. The van der Waals surface area contributed by atoms with Crippen LogP contribution in [0.1, 0.15) is 70.3 Å². The van der Waals surface area contributed by atoms with Crippen molar-refractivity contribution in [2.24, 2.45) is 0 Å². The molecule has 1 unspecified atom stereocenters. The Kier molecular flexibility index (Phi) is 12.5. The zero-order valence-electron chi connectivity index (χ0n) is 14.8. The number of hydrogen-bond acceptors (Lipinski definition) is 2. The third-order valence-corrected chi connectivity index (χ3v) is 4.01. The first-order chi connectivity index (χ1) is 11.3. The summed E-state index contributed by atoms with van der Waals surface area (Å²) in [4.78, 5) is 0. The van der Waals surface area contributed by atoms with E-state index in [-0.39, 0.29) is 6.10 Å². The highest BCUT2D eigenvalue weighted by Gasteiger charge is 2.03. The van der Waals surface area contributed by atoms with E-state index < -0.39 is 0 Å². The second kappa shape index (κ2) is 14.5. The van der Waals surface area contributed by atoms with Crippen LogP contribution in [-0.2, 0) is 11.3 Å². The van der Waals surface area contributed by atoms with Gasteiger partial charge in [0.1, 0.15) is 0 Å². The van der Waals surface area contributed by atoms with Gasteiger partial charge in [-0.1, -0.05) is 68.7 Å². The van der Waals surface area contributed by atoms with Crippen molar-refractivity contribution in [3.63, 3.8) is 0 Å². The summed E-state index contributed by atoms with van der Waals surface area (Å²) in [5, 5.41) is 9.94. The van der Waals surface area contributed by atoms with Crippen LogP contribution in [0, 0.1) is 0 Å². The van der Waals surface area contributed by atoms with Crippen molar-refractivity contribution in [1.82, 2.24) is 0 Å². The van der Waals surface area contributed by atoms with E-state index in [1.165, 1.54) is 37.7 Å². The molecule has 1 rings (SSSR count). The minimum Gasteiger partial charge on any atom is -0.393 e. The average molecular weight is 319 g/mol. The average Bonchev–Trinajstić information content (AvgIpc) is 2.58. The predicted molar refractivity (Wildman–Crippen MR) is 98.5 cm³/mol. The molecule has 0 spiro atoms. The first-order valence-electron chi connectivity index (χ1n) is 9.27. The summed E-state index contributed by atoms with van der Waals surface area (Å²) in [5.41, 5.74) is 1.19. The van der Waals surface area contributed by atoms with Crippen LogP contribution in [0.2, 0.25) is 0 Å². The van der Waals surface area contributed by atoms with Gasteiger partial charge in [-0.3, -0.25) is 0 Å². The van der Waals surface area contributed by atoms with Crippen LogP contribution in [0.25, 0.3) is 0 Å². The first kappa shape index (κ1) is 19.9. The van der Waals surface area contributed by atoms with E-state index in [0.29, 0.717) is 13.2 Å². The zero-order chi connectivity index (χ0) is 16.6. The highest BCUT2D eigenvalue weighted by atomic mass is 16.5. The van der Waals surface area contributed by atoms with Crippen molar-refractivity contribution in [3.05, 3.63) is 48.0 Å². The van der Waals surface area contributed by atoms with E-state index in [1.807, 2.05) is 18.2 Å². The van der Waals surface area contributed by atoms with Crippen LogP contribution < -0.4 is 0 Å². The van der Waals surface area contributed by atoms with Crippen LogP contribution in [0.15, 0.2) is 42.5 Å². The molecule has 1 N–H and O–H groups in total. The zero-order valence-corrected chi connectivity index (χ0v) is 14.8. The van der Waals surface area contributed by atoms with E-state index in [4.69, 9.17) is 4.74 Å². The van der Waals surface area contributed by atoms with Gasteiger partial charge in [0.2, 0.25) is 0 Å². The molecular weight excluding hydrogens is 284 g/mol. The Balaban J connectivity index is 1.90. The molecule has 0 saturated carbocycles. The molecule has 2 heteroatoms. The van der Waals surface area contributed by atoms with Crippen molar-refractivity contribution in [1.29, 1.82) is 0 Å². The summed E-state index contributed by atoms with van der Waals surface area (Å²) in [6.07, 6.45) is 14.6. The molecule has 0 fully saturated rings. The molecule has 130 valence electrons. The van der Waals surface area contributed by atoms with Crippen molar-refractivity contribution < 1.29 is 9.84 Å². The summed E-state index contributed by atoms with van der Waals surface area (Å²) in [6.45, 7) is 3.51. The van der Waals surface area contributed by atoms with E-state index in [2.05, 4.69) is 31.2 Å². The summed E-state index contributed by atoms with van der Waals surface area (Å²) < 4.78 is 5.61. The van der Waals surface area contributed by atoms with Gasteiger partial charge < -0.3 is 9.84 Å². The van der Waals surface area contributed by atoms with Gasteiger partial charge in [0.25, 0.3) is 0 Å². The van der Waals surface area contributed by atoms with Crippen LogP contribution in [0.3, 0.4) is 0 Å². The summed E-state index contributed by atoms with van der Waals surface area (Å²) in [7, 11) is 0. The minimum absolute atomic E-state index is 0.233. The van der Waals surface area contributed by atoms with E-state index in [9.17, 15) is 5.11 Å². The van der Waals surface area contributed by atoms with Crippen LogP contribution in [-0.4, -0.2) is 17.8 Å². The lowest BCUT2D eigenvalue weighted by Gasteiger charge is -2.10. The number of unbranched alkanes of at least 4 members (excludes halogenated alkanes) is 5. The highest BCUT2D eigenvalue weighted by Crippen LogP contribution is 2.08. The van der Waals surface area contributed by atoms with Crippen molar-refractivity contribution in [3.8, 4) is 0 Å². The lowest BCUT2D eigenvalue weighted by molar-refractivity contribution is 0.0693. The SMILES string of the molecule is CCCCCCC=CCCCC(O)CCOCc1ccccc1. The van der Waals surface area contributed by atoms with E-state index in [1.54, 1.807) is 0 Å². The molecule has 2 nitrogen and oxygen atoms in total. The fourth-order valence-electron chi connectivity index (χ4n) is 2.52. The number of hydrogen-bond donors (Lipinski definition) is 1. The van der Waals surface area contributed by atoms with E-state index >= 15 is 0 Å². The van der Waals surface area contributed by atoms with Gasteiger partial charge in [0.05, 0.1) is 12.7 Å². The summed E-state index contributed by atoms with van der Waals surface area (Å²) in [5.74, 6) is 0. The normalized spacial score (nSPS) is 12.8. The fraction of sp³-hybridized carbons (Fsp3) is 0.619. The first-order valence-corrected chi connectivity index (χ1v) is 9.27. The standard InChI is InChI=1S/C21H34O2/c1-2-3-4-5-6-7-8-9-13-16-21(22)17-18-23-19-20-14-11-10-12-15-20/h7-8,10-12,14-15,21-22H,2-6,9,13,16-19H2,1H3. The summed E-state index contributed by atoms with van der Waals surface area (Å²) >= 11 is 0. The maximum atomic E-state index is 9.94. The monoisotopic (exact) mass is 318 g/mol. The number of benzene rings is 1. The maximum absolute atomic E-state index is 9.94. The predicted octanol–water partition coefficient (Wildman–Crippen LogP) is 5.65. The molecule has 0 heterocycles. The molecule has 0 bridgehead atoms. The van der Waals surface area contributed by atoms with Gasteiger partial charge in [-0.2, -0.15) is 0 Å². The third-order valence-electron chi connectivity index (χ3n) is 4.01. The number of aliphatic hydroxyl groups is 1. The van der Waals surface area contributed by atoms with Crippen molar-refractivity contribution in [2.45, 2.75) is 77.4 Å². The Hall–Kier alpha value is -1.12. The Bertz CT molecular complexity index is 386. The number of aliphatic hydroxyl groups excluding tert-OH is 1. The largest absolute Gasteiger partial charge is 0.393 e. The van der Waals surface area contributed by atoms with Crippen LogP contribution in [0.5, 0.6) is 0 Å². The molecule has 0 aliphatic carbocycles. The van der Waals surface area contributed by atoms with Gasteiger partial charge in [-0.25, -0.2) is 0 Å². The molecular formula is C21H34O2. The smallest absolute Gasteiger partial charge is 0.0716 e. The number of ether oxygens (including phenoxy) is 1. The number of rotatable bonds is 14. The lowest BCUT2D eigenvalue weighted by Crippen LogP contribution is -2.10. The molecule has 1 aromatic rings. The number of allylic oxidation sites excluding steroid dienone is 2. The van der Waals surface area contributed by atoms with Gasteiger partial charge in [-0.15, -0.1) is 0 Å². The van der Waals surface area contributed by atoms with Gasteiger partial charge in [-0.05, 0) is 44.1 Å². The van der Waals surface area contributed by atoms with Gasteiger partial charge >= 0.3 is 0 Å². The Labute approximate surface area is 142 Å². The lowest BCUT2D eigenvalue weighted by atomic mass is 10.1. The maximum Gasteiger partial charge on any atom is 0.0716 e. The Morgan fingerprint density at radius 1 is 0.957 bits per heavy atom. The molecule has 0 radical (unpaired) electrons. The highest BCUT2D eigenvalue weighted by molar-refractivity contribution is 5.13. The second-order valence-electron chi connectivity index (χ2n) is 6.23. The van der Waals surface area contributed by atoms with Crippen LogP contribution >= 0.6 is 0 Å². The molecule has 0 aromatic heterocycles. The minimum atomic E-state index is -0.233. The molecule has 0 saturated heterocycles. The summed E-state index contributed by atoms with van der Waals surface area (Å²) in [6, 6.07) is 10.2. The third kappa shape index (κ3) is 12.0. The topological polar surface area (TPSA) is 29.5 Å². The quantitative estimate of drug-likeness (QED) is 0.355. The Morgan fingerprint density at radius 2 is 1.70 bits per heavy atom. The second-order valence-corrected chi connectivity index (χ2v) is 6.23. The van der Waals surface area contributed by atoms with Crippen LogP contribution in [0.4, 0.5) is 0 Å². The van der Waals surface area contributed by atoms with Crippen molar-refractivity contribution >= 4 is 0 Å². The van der Waals surface area contributed by atoms with Gasteiger partial charge in [0, 0.05) is 6.61 Å². The molecule has 1 aromatic carbocycles. The van der Waals surface area contributed by atoms with E-state index in [0.717, 1.165) is 25.7 Å². The molecule has 1 atom stereocenters. The van der Waals surface area contributed by atoms with Gasteiger partial charge in [0.15, 0.2) is 0 Å². The molecule has 23 heavy (non-hydrogen) atoms. The van der Waals surface area contributed by atoms with Crippen molar-refractivity contribution in [2.75, 3.05) is 6.61 Å². The molecule has 0 aliphatic heterocycles. The molecule has 0 amide bonds. The fourth-order valence-corrected chi connectivity index (χ4v) is 2.52. The molecule has 0 aliphatic rings.